The summed E-state index contributed by atoms with van der Waals surface area (Å²) in [4.78, 5) is 30.6. The van der Waals surface area contributed by atoms with Crippen molar-refractivity contribution in [2.24, 2.45) is 0 Å². The first-order chi connectivity index (χ1) is 14.3. The highest BCUT2D eigenvalue weighted by molar-refractivity contribution is 6.32. The van der Waals surface area contributed by atoms with E-state index in [-0.39, 0.29) is 17.1 Å². The molecular formula is C23H22Cl2N2O3. The van der Waals surface area contributed by atoms with Crippen LogP contribution in [-0.4, -0.2) is 42.9 Å². The zero-order valence-electron chi connectivity index (χ0n) is 17.0. The lowest BCUT2D eigenvalue weighted by atomic mass is 9.98. The monoisotopic (exact) mass is 444 g/mol. The summed E-state index contributed by atoms with van der Waals surface area (Å²) in [7, 11) is 3.97. The minimum atomic E-state index is -0.547. The van der Waals surface area contributed by atoms with Crippen molar-refractivity contribution in [3.63, 3.8) is 0 Å². The second kappa shape index (κ2) is 8.06. The molecule has 0 saturated carbocycles. The van der Waals surface area contributed by atoms with Crippen molar-refractivity contribution < 1.29 is 9.21 Å². The van der Waals surface area contributed by atoms with Gasteiger partial charge < -0.3 is 14.2 Å². The van der Waals surface area contributed by atoms with Gasteiger partial charge >= 0.3 is 0 Å². The highest BCUT2D eigenvalue weighted by Gasteiger charge is 2.42. The van der Waals surface area contributed by atoms with E-state index in [1.54, 1.807) is 29.2 Å². The molecule has 0 aliphatic carbocycles. The smallest absolute Gasteiger partial charge is 0.290 e. The van der Waals surface area contributed by atoms with Gasteiger partial charge in [-0.3, -0.25) is 9.59 Å². The number of aryl methyl sites for hydroxylation is 1. The van der Waals surface area contributed by atoms with E-state index in [9.17, 15) is 9.59 Å². The fourth-order valence-electron chi connectivity index (χ4n) is 3.95. The van der Waals surface area contributed by atoms with E-state index >= 15 is 0 Å². The van der Waals surface area contributed by atoms with Gasteiger partial charge in [0.25, 0.3) is 5.91 Å². The summed E-state index contributed by atoms with van der Waals surface area (Å²) < 4.78 is 5.98. The molecule has 1 atom stereocenters. The lowest BCUT2D eigenvalue weighted by Crippen LogP contribution is -2.32. The van der Waals surface area contributed by atoms with E-state index in [1.165, 1.54) is 0 Å². The lowest BCUT2D eigenvalue weighted by Gasteiger charge is -2.25. The van der Waals surface area contributed by atoms with Gasteiger partial charge in [0, 0.05) is 16.6 Å². The van der Waals surface area contributed by atoms with E-state index in [0.717, 1.165) is 24.1 Å². The molecule has 1 aliphatic rings. The van der Waals surface area contributed by atoms with Crippen LogP contribution in [0.4, 0.5) is 0 Å². The Morgan fingerprint density at radius 2 is 1.90 bits per heavy atom. The molecule has 2 heterocycles. The van der Waals surface area contributed by atoms with Crippen molar-refractivity contribution in [2.45, 2.75) is 19.4 Å². The molecule has 2 aromatic carbocycles. The minimum absolute atomic E-state index is 0.101. The van der Waals surface area contributed by atoms with E-state index in [2.05, 4.69) is 4.90 Å². The highest BCUT2D eigenvalue weighted by Crippen LogP contribution is 2.39. The molecule has 0 spiro atoms. The van der Waals surface area contributed by atoms with E-state index < -0.39 is 6.04 Å². The summed E-state index contributed by atoms with van der Waals surface area (Å²) >= 11 is 12.5. The predicted octanol–water partition coefficient (Wildman–Crippen LogP) is 4.91. The van der Waals surface area contributed by atoms with Crippen LogP contribution >= 0.6 is 23.2 Å². The fourth-order valence-corrected chi connectivity index (χ4v) is 4.31. The van der Waals surface area contributed by atoms with Crippen molar-refractivity contribution in [3.05, 3.63) is 79.1 Å². The van der Waals surface area contributed by atoms with Crippen molar-refractivity contribution >= 4 is 40.1 Å². The van der Waals surface area contributed by atoms with Crippen molar-refractivity contribution in [2.75, 3.05) is 27.2 Å². The zero-order chi connectivity index (χ0) is 21.6. The number of benzene rings is 2. The maximum absolute atomic E-state index is 13.5. The molecule has 1 aliphatic heterocycles. The average Bonchev–Trinajstić information content (AvgIpc) is 2.96. The third-order valence-corrected chi connectivity index (χ3v) is 6.06. The number of carbonyl (C=O) groups is 1. The molecule has 7 heteroatoms. The molecule has 5 nitrogen and oxygen atoms in total. The molecular weight excluding hydrogens is 423 g/mol. The molecule has 4 rings (SSSR count). The zero-order valence-corrected chi connectivity index (χ0v) is 18.5. The number of halogens is 2. The SMILES string of the molecule is Cc1cc2oc3c(c(=O)c2cc1Cl)[C@H](c1cccc(Cl)c1)N(CCCN(C)C)C3=O. The van der Waals surface area contributed by atoms with Gasteiger partial charge in [-0.1, -0.05) is 35.3 Å². The van der Waals surface area contributed by atoms with E-state index in [1.807, 2.05) is 33.2 Å². The number of carbonyl (C=O) groups excluding carboxylic acids is 1. The van der Waals surface area contributed by atoms with Crippen LogP contribution in [0.5, 0.6) is 0 Å². The van der Waals surface area contributed by atoms with Crippen LogP contribution in [0.25, 0.3) is 11.0 Å². The number of hydrogen-bond donors (Lipinski definition) is 0. The van der Waals surface area contributed by atoms with Gasteiger partial charge in [0.2, 0.25) is 5.76 Å². The fraction of sp³-hybridized carbons (Fsp3) is 0.304. The third kappa shape index (κ3) is 3.62. The normalized spacial score (nSPS) is 16.0. The highest BCUT2D eigenvalue weighted by atomic mass is 35.5. The van der Waals surface area contributed by atoms with E-state index in [0.29, 0.717) is 33.1 Å². The Balaban J connectivity index is 1.91. The first-order valence-electron chi connectivity index (χ1n) is 9.76. The molecule has 0 unspecified atom stereocenters. The Kier molecular flexibility index (Phi) is 5.62. The van der Waals surface area contributed by atoms with Gasteiger partial charge in [-0.15, -0.1) is 0 Å². The van der Waals surface area contributed by atoms with Crippen molar-refractivity contribution in [1.82, 2.24) is 9.80 Å². The Bertz CT molecular complexity index is 1200. The first-order valence-corrected chi connectivity index (χ1v) is 10.5. The number of hydrogen-bond acceptors (Lipinski definition) is 4. The molecule has 0 saturated heterocycles. The molecule has 30 heavy (non-hydrogen) atoms. The summed E-state index contributed by atoms with van der Waals surface area (Å²) in [6.07, 6.45) is 0.766. The van der Waals surface area contributed by atoms with E-state index in [4.69, 9.17) is 27.6 Å². The standard InChI is InChI=1S/C23H22Cl2N2O3/c1-13-10-18-16(12-17(13)25)21(28)19-20(14-6-4-7-15(24)11-14)27(9-5-8-26(2)3)23(29)22(19)30-18/h4,6-7,10-12,20H,5,8-9H2,1-3H3/t20-/m0/s1. The van der Waals surface area contributed by atoms with Gasteiger partial charge in [0.15, 0.2) is 5.43 Å². The molecule has 3 aromatic rings. The molecule has 0 bridgehead atoms. The summed E-state index contributed by atoms with van der Waals surface area (Å²) in [6, 6.07) is 10.0. The summed E-state index contributed by atoms with van der Waals surface area (Å²) in [5.74, 6) is -0.176. The number of nitrogens with zero attached hydrogens (tertiary/aromatic N) is 2. The van der Waals surface area contributed by atoms with Gasteiger partial charge in [-0.05, 0) is 69.4 Å². The Hall–Kier alpha value is -2.34. The molecule has 1 aromatic heterocycles. The van der Waals surface area contributed by atoms with Crippen LogP contribution < -0.4 is 5.43 Å². The molecule has 0 N–H and O–H groups in total. The second-order valence-corrected chi connectivity index (χ2v) is 8.73. The van der Waals surface area contributed by atoms with Gasteiger partial charge in [0.1, 0.15) is 5.58 Å². The molecule has 156 valence electrons. The number of fused-ring (bicyclic) bond motifs is 2. The molecule has 1 amide bonds. The molecule has 0 radical (unpaired) electrons. The van der Waals surface area contributed by atoms with Gasteiger partial charge in [0.05, 0.1) is 17.0 Å². The Labute approximate surface area is 184 Å². The van der Waals surface area contributed by atoms with Crippen LogP contribution in [0.1, 0.15) is 39.7 Å². The quantitative estimate of drug-likeness (QED) is 0.561. The summed E-state index contributed by atoms with van der Waals surface area (Å²) in [5.41, 5.74) is 2.05. The Morgan fingerprint density at radius 1 is 1.13 bits per heavy atom. The van der Waals surface area contributed by atoms with Crippen molar-refractivity contribution in [3.8, 4) is 0 Å². The van der Waals surface area contributed by atoms with Crippen LogP contribution in [0.3, 0.4) is 0 Å². The average molecular weight is 445 g/mol. The maximum atomic E-state index is 13.5. The van der Waals surface area contributed by atoms with Gasteiger partial charge in [-0.25, -0.2) is 0 Å². The maximum Gasteiger partial charge on any atom is 0.290 e. The second-order valence-electron chi connectivity index (χ2n) is 7.88. The van der Waals surface area contributed by atoms with Crippen LogP contribution in [0, 0.1) is 6.92 Å². The first kappa shape index (κ1) is 20.9. The summed E-state index contributed by atoms with van der Waals surface area (Å²) in [5, 5.41) is 1.41. The number of rotatable bonds is 5. The largest absolute Gasteiger partial charge is 0.450 e. The lowest BCUT2D eigenvalue weighted by molar-refractivity contribution is 0.0722. The van der Waals surface area contributed by atoms with Gasteiger partial charge in [-0.2, -0.15) is 0 Å². The molecule has 0 fully saturated rings. The minimum Gasteiger partial charge on any atom is -0.450 e. The van der Waals surface area contributed by atoms with Crippen LogP contribution in [0.2, 0.25) is 10.0 Å². The van der Waals surface area contributed by atoms with Crippen molar-refractivity contribution in [1.29, 1.82) is 0 Å². The predicted molar refractivity (Wildman–Crippen MR) is 120 cm³/mol. The Morgan fingerprint density at radius 3 is 2.60 bits per heavy atom. The van der Waals surface area contributed by atoms with Crippen LogP contribution in [-0.2, 0) is 0 Å². The summed E-state index contributed by atoms with van der Waals surface area (Å²) in [6.45, 7) is 3.15. The topological polar surface area (TPSA) is 53.8 Å². The third-order valence-electron chi connectivity index (χ3n) is 5.42. The van der Waals surface area contributed by atoms with Crippen LogP contribution in [0.15, 0.2) is 45.6 Å². The number of amides is 1.